The molecule has 170 valence electrons. The third-order valence-electron chi connectivity index (χ3n) is 4.83. The summed E-state index contributed by atoms with van der Waals surface area (Å²) in [7, 11) is -1.28. The topological polar surface area (TPSA) is 116 Å². The van der Waals surface area contributed by atoms with Crippen LogP contribution in [0, 0.1) is 6.92 Å². The fraction of sp³-hybridized carbons (Fsp3) is 0.800. The number of aromatic nitrogens is 2. The van der Waals surface area contributed by atoms with Gasteiger partial charge in [0.1, 0.15) is 5.60 Å². The molecule has 10 heteroatoms. The molecule has 0 radical (unpaired) electrons. The number of carbonyl (C=O) groups is 2. The Morgan fingerprint density at radius 3 is 2.37 bits per heavy atom. The number of nitrogens with one attached hydrogen (secondary N) is 2. The Morgan fingerprint density at radius 1 is 1.13 bits per heavy atom. The van der Waals surface area contributed by atoms with Crippen molar-refractivity contribution in [3.8, 4) is 0 Å². The molecular formula is C20H36N4O5Si. The van der Waals surface area contributed by atoms with Crippen LogP contribution in [0.5, 0.6) is 0 Å². The fourth-order valence-corrected chi connectivity index (χ4v) is 4.02. The van der Waals surface area contributed by atoms with Gasteiger partial charge in [-0.05, 0) is 53.0 Å². The van der Waals surface area contributed by atoms with Crippen molar-refractivity contribution < 1.29 is 23.6 Å². The van der Waals surface area contributed by atoms with E-state index in [0.29, 0.717) is 31.2 Å². The number of nitrogens with zero attached hydrogens (tertiary/aromatic N) is 2. The summed E-state index contributed by atoms with van der Waals surface area (Å²) >= 11 is 0. The van der Waals surface area contributed by atoms with Gasteiger partial charge in [-0.1, -0.05) is 24.8 Å². The van der Waals surface area contributed by atoms with Gasteiger partial charge in [0, 0.05) is 14.0 Å². The van der Waals surface area contributed by atoms with Crippen molar-refractivity contribution in [3.05, 3.63) is 11.7 Å². The summed E-state index contributed by atoms with van der Waals surface area (Å²) < 4.78 is 16.1. The highest BCUT2D eigenvalue weighted by molar-refractivity contribution is 6.76. The first-order valence-electron chi connectivity index (χ1n) is 10.6. The van der Waals surface area contributed by atoms with Gasteiger partial charge in [0.15, 0.2) is 5.82 Å². The Hall–Kier alpha value is -2.10. The standard InChI is InChI=1S/C20H36N4O5Si/c1-13-21-17(29-24-13)14-8-9-15(22-18(25)27-10-11-30(5,6)7)16(12-14)23-19(26)28-20(2,3)4/h14-16H,8-12H2,1-7H3,(H,22,25)(H,23,26)/t14-,15-,16-/m0/s1. The molecule has 1 fully saturated rings. The summed E-state index contributed by atoms with van der Waals surface area (Å²) in [6.07, 6.45) is 0.986. The maximum Gasteiger partial charge on any atom is 0.407 e. The molecule has 9 nitrogen and oxygen atoms in total. The van der Waals surface area contributed by atoms with Crippen LogP contribution in [0.1, 0.15) is 57.7 Å². The van der Waals surface area contributed by atoms with E-state index in [2.05, 4.69) is 40.4 Å². The number of aryl methyl sites for hydroxylation is 1. The minimum Gasteiger partial charge on any atom is -0.450 e. The van der Waals surface area contributed by atoms with Gasteiger partial charge < -0.3 is 24.6 Å². The predicted molar refractivity (Wildman–Crippen MR) is 115 cm³/mol. The number of hydrogen-bond acceptors (Lipinski definition) is 7. The maximum atomic E-state index is 12.4. The van der Waals surface area contributed by atoms with Gasteiger partial charge in [0.25, 0.3) is 0 Å². The Labute approximate surface area is 179 Å². The lowest BCUT2D eigenvalue weighted by Gasteiger charge is -2.35. The normalized spacial score (nSPS) is 22.3. The minimum absolute atomic E-state index is 0.00657. The number of carbonyl (C=O) groups excluding carboxylic acids is 2. The highest BCUT2D eigenvalue weighted by atomic mass is 28.3. The molecule has 2 amide bonds. The molecular weight excluding hydrogens is 404 g/mol. The average Bonchev–Trinajstić information content (AvgIpc) is 3.00. The third kappa shape index (κ3) is 8.33. The van der Waals surface area contributed by atoms with Gasteiger partial charge in [-0.2, -0.15) is 4.98 Å². The summed E-state index contributed by atoms with van der Waals surface area (Å²) in [5.41, 5.74) is -0.611. The molecule has 1 heterocycles. The van der Waals surface area contributed by atoms with Crippen molar-refractivity contribution in [2.24, 2.45) is 0 Å². The van der Waals surface area contributed by atoms with E-state index in [0.717, 1.165) is 12.5 Å². The molecule has 1 aromatic heterocycles. The second-order valence-electron chi connectivity index (χ2n) is 10.1. The molecule has 1 saturated carbocycles. The van der Waals surface area contributed by atoms with Gasteiger partial charge in [-0.25, -0.2) is 9.59 Å². The lowest BCUT2D eigenvalue weighted by atomic mass is 9.82. The molecule has 0 spiro atoms. The van der Waals surface area contributed by atoms with Crippen LogP contribution in [0.3, 0.4) is 0 Å². The summed E-state index contributed by atoms with van der Waals surface area (Å²) in [5, 5.41) is 9.68. The molecule has 0 aromatic carbocycles. The van der Waals surface area contributed by atoms with Crippen LogP contribution in [-0.2, 0) is 9.47 Å². The molecule has 0 saturated heterocycles. The Bertz CT molecular complexity index is 726. The van der Waals surface area contributed by atoms with Crippen LogP contribution in [0.25, 0.3) is 0 Å². The second kappa shape index (κ2) is 9.80. The largest absolute Gasteiger partial charge is 0.450 e. The van der Waals surface area contributed by atoms with E-state index in [9.17, 15) is 9.59 Å². The number of alkyl carbamates (subject to hydrolysis) is 2. The van der Waals surface area contributed by atoms with E-state index in [1.807, 2.05) is 20.8 Å². The predicted octanol–water partition coefficient (Wildman–Crippen LogP) is 3.97. The summed E-state index contributed by atoms with van der Waals surface area (Å²) in [6.45, 7) is 14.3. The molecule has 1 aliphatic rings. The summed E-state index contributed by atoms with van der Waals surface area (Å²) in [4.78, 5) is 29.0. The smallest absolute Gasteiger partial charge is 0.407 e. The molecule has 3 atom stereocenters. The third-order valence-corrected chi connectivity index (χ3v) is 6.54. The van der Waals surface area contributed by atoms with Gasteiger partial charge in [-0.3, -0.25) is 0 Å². The molecule has 1 aromatic rings. The van der Waals surface area contributed by atoms with Crippen LogP contribution < -0.4 is 10.6 Å². The minimum atomic E-state index is -1.28. The van der Waals surface area contributed by atoms with Crippen LogP contribution in [0.15, 0.2) is 4.52 Å². The van der Waals surface area contributed by atoms with Crippen molar-refractivity contribution >= 4 is 20.3 Å². The van der Waals surface area contributed by atoms with E-state index >= 15 is 0 Å². The molecule has 1 aliphatic carbocycles. The van der Waals surface area contributed by atoms with Crippen LogP contribution in [0.2, 0.25) is 25.7 Å². The van der Waals surface area contributed by atoms with Gasteiger partial charge in [0.2, 0.25) is 5.89 Å². The van der Waals surface area contributed by atoms with Gasteiger partial charge in [-0.15, -0.1) is 0 Å². The van der Waals surface area contributed by atoms with Crippen molar-refractivity contribution in [2.45, 2.75) is 96.2 Å². The number of amides is 2. The first-order chi connectivity index (χ1) is 13.8. The highest BCUT2D eigenvalue weighted by Crippen LogP contribution is 2.32. The van der Waals surface area contributed by atoms with Crippen LogP contribution in [-0.4, -0.2) is 54.7 Å². The summed E-state index contributed by atoms with van der Waals surface area (Å²) in [5.74, 6) is 1.14. The van der Waals surface area contributed by atoms with Gasteiger partial charge in [0.05, 0.1) is 18.7 Å². The van der Waals surface area contributed by atoms with Crippen molar-refractivity contribution in [1.82, 2.24) is 20.8 Å². The molecule has 0 bridgehead atoms. The summed E-state index contributed by atoms with van der Waals surface area (Å²) in [6, 6.07) is 0.302. The molecule has 30 heavy (non-hydrogen) atoms. The first kappa shape index (κ1) is 24.2. The number of hydrogen-bond donors (Lipinski definition) is 2. The van der Waals surface area contributed by atoms with E-state index in [1.54, 1.807) is 6.92 Å². The monoisotopic (exact) mass is 440 g/mol. The second-order valence-corrected chi connectivity index (χ2v) is 15.8. The van der Waals surface area contributed by atoms with E-state index in [1.165, 1.54) is 0 Å². The molecule has 0 aliphatic heterocycles. The van der Waals surface area contributed by atoms with Crippen molar-refractivity contribution in [1.29, 1.82) is 0 Å². The molecule has 2 N–H and O–H groups in total. The number of rotatable bonds is 6. The highest BCUT2D eigenvalue weighted by Gasteiger charge is 2.36. The molecule has 0 unspecified atom stereocenters. The SMILES string of the molecule is Cc1noc([C@H]2CC[C@H](NC(=O)OCC[Si](C)(C)C)[C@@H](NC(=O)OC(C)(C)C)C2)n1. The average molecular weight is 441 g/mol. The van der Waals surface area contributed by atoms with E-state index in [4.69, 9.17) is 14.0 Å². The van der Waals surface area contributed by atoms with Crippen molar-refractivity contribution in [2.75, 3.05) is 6.61 Å². The van der Waals surface area contributed by atoms with E-state index < -0.39 is 25.9 Å². The number of ether oxygens (including phenoxy) is 2. The quantitative estimate of drug-likeness (QED) is 0.643. The molecule has 2 rings (SSSR count). The van der Waals surface area contributed by atoms with Crippen LogP contribution in [0.4, 0.5) is 9.59 Å². The van der Waals surface area contributed by atoms with E-state index in [-0.39, 0.29) is 18.0 Å². The van der Waals surface area contributed by atoms with Gasteiger partial charge >= 0.3 is 12.2 Å². The maximum absolute atomic E-state index is 12.4. The zero-order chi connectivity index (χ0) is 22.5. The first-order valence-corrected chi connectivity index (χ1v) is 14.3. The Morgan fingerprint density at radius 2 is 1.80 bits per heavy atom. The Kier molecular flexibility index (Phi) is 7.90. The zero-order valence-corrected chi connectivity index (χ0v) is 20.2. The van der Waals surface area contributed by atoms with Crippen LogP contribution >= 0.6 is 0 Å². The Balaban J connectivity index is 2.01. The lowest BCUT2D eigenvalue weighted by molar-refractivity contribution is 0.0468. The zero-order valence-electron chi connectivity index (χ0n) is 19.2. The lowest BCUT2D eigenvalue weighted by Crippen LogP contribution is -2.55. The fourth-order valence-electron chi connectivity index (χ4n) is 3.31. The van der Waals surface area contributed by atoms with Crippen molar-refractivity contribution in [3.63, 3.8) is 0 Å².